The number of ether oxygens (including phenoxy) is 2. The van der Waals surface area contributed by atoms with Crippen LogP contribution >= 0.6 is 0 Å². The molecule has 0 atom stereocenters. The molecule has 0 radical (unpaired) electrons. The molecule has 0 saturated carbocycles. The van der Waals surface area contributed by atoms with Gasteiger partial charge in [0.05, 0.1) is 14.2 Å². The Hall–Kier alpha value is -3.34. The molecule has 0 fully saturated rings. The minimum Gasteiger partial charge on any atom is -0.493 e. The van der Waals surface area contributed by atoms with Gasteiger partial charge in [-0.15, -0.1) is 0 Å². The molecule has 27 heavy (non-hydrogen) atoms. The van der Waals surface area contributed by atoms with Gasteiger partial charge in [0.25, 0.3) is 0 Å². The average molecular weight is 362 g/mol. The van der Waals surface area contributed by atoms with Gasteiger partial charge in [0.15, 0.2) is 11.5 Å². The van der Waals surface area contributed by atoms with E-state index in [1.807, 2.05) is 48.5 Å². The van der Waals surface area contributed by atoms with Gasteiger partial charge < -0.3 is 14.3 Å². The molecule has 0 aliphatic carbocycles. The number of aromatic nitrogens is 1. The van der Waals surface area contributed by atoms with Gasteiger partial charge in [0.2, 0.25) is 0 Å². The molecular formula is C22H22N2O3. The summed E-state index contributed by atoms with van der Waals surface area (Å²) in [6.45, 7) is 0.487. The third kappa shape index (κ3) is 4.85. The molecule has 0 spiro atoms. The summed E-state index contributed by atoms with van der Waals surface area (Å²) < 4.78 is 10.7. The Balaban J connectivity index is 1.83. The second-order valence-electron chi connectivity index (χ2n) is 5.82. The first-order valence-electron chi connectivity index (χ1n) is 8.68. The molecule has 0 saturated heterocycles. The Morgan fingerprint density at radius 1 is 0.889 bits per heavy atom. The number of benzene rings is 2. The quantitative estimate of drug-likeness (QED) is 0.344. The standard InChI is InChI=1S/C22H22N2O3/c1-25-20-11-10-18(15-21(20)26-2)22(19-9-6-13-23-16-19)24-27-14-12-17-7-4-3-5-8-17/h3-11,13,15-16H,12,14H2,1-2H3. The first kappa shape index (κ1) is 18.5. The van der Waals surface area contributed by atoms with E-state index in [4.69, 9.17) is 14.3 Å². The number of pyridine rings is 1. The third-order valence-corrected chi connectivity index (χ3v) is 4.07. The highest BCUT2D eigenvalue weighted by Gasteiger charge is 2.12. The summed E-state index contributed by atoms with van der Waals surface area (Å²) in [6, 6.07) is 19.7. The van der Waals surface area contributed by atoms with Crippen LogP contribution in [0.2, 0.25) is 0 Å². The number of hydrogen-bond acceptors (Lipinski definition) is 5. The highest BCUT2D eigenvalue weighted by atomic mass is 16.6. The molecular weight excluding hydrogens is 340 g/mol. The van der Waals surface area contributed by atoms with Crippen LogP contribution < -0.4 is 9.47 Å². The fourth-order valence-electron chi connectivity index (χ4n) is 2.68. The van der Waals surface area contributed by atoms with E-state index in [9.17, 15) is 0 Å². The Kier molecular flexibility index (Phi) is 6.41. The van der Waals surface area contributed by atoms with Crippen LogP contribution in [-0.2, 0) is 11.3 Å². The van der Waals surface area contributed by atoms with Gasteiger partial charge in [-0.25, -0.2) is 0 Å². The summed E-state index contributed by atoms with van der Waals surface area (Å²) in [5, 5.41) is 4.39. The Labute approximate surface area is 159 Å². The van der Waals surface area contributed by atoms with Crippen molar-refractivity contribution in [3.05, 3.63) is 89.7 Å². The third-order valence-electron chi connectivity index (χ3n) is 4.07. The van der Waals surface area contributed by atoms with Crippen LogP contribution in [0.5, 0.6) is 11.5 Å². The van der Waals surface area contributed by atoms with E-state index in [0.29, 0.717) is 23.8 Å². The first-order chi connectivity index (χ1) is 13.3. The molecule has 1 aromatic heterocycles. The van der Waals surface area contributed by atoms with E-state index in [1.165, 1.54) is 5.56 Å². The van der Waals surface area contributed by atoms with Crippen molar-refractivity contribution in [1.82, 2.24) is 4.98 Å². The van der Waals surface area contributed by atoms with Crippen LogP contribution in [0.3, 0.4) is 0 Å². The number of nitrogens with zero attached hydrogens (tertiary/aromatic N) is 2. The molecule has 0 aliphatic rings. The minimum atomic E-state index is 0.487. The van der Waals surface area contributed by atoms with Crippen molar-refractivity contribution >= 4 is 5.71 Å². The summed E-state index contributed by atoms with van der Waals surface area (Å²) in [5.74, 6) is 1.30. The van der Waals surface area contributed by atoms with Gasteiger partial charge in [-0.05, 0) is 35.9 Å². The summed E-state index contributed by atoms with van der Waals surface area (Å²) in [6.07, 6.45) is 4.28. The van der Waals surface area contributed by atoms with Crippen molar-refractivity contribution in [2.75, 3.05) is 20.8 Å². The van der Waals surface area contributed by atoms with Gasteiger partial charge in [-0.3, -0.25) is 4.98 Å². The topological polar surface area (TPSA) is 52.9 Å². The normalized spacial score (nSPS) is 11.1. The zero-order valence-corrected chi connectivity index (χ0v) is 15.5. The number of oxime groups is 1. The van der Waals surface area contributed by atoms with Gasteiger partial charge in [0.1, 0.15) is 12.3 Å². The molecule has 1 heterocycles. The van der Waals surface area contributed by atoms with Gasteiger partial charge in [0, 0.05) is 29.9 Å². The maximum absolute atomic E-state index is 5.63. The molecule has 0 N–H and O–H groups in total. The highest BCUT2D eigenvalue weighted by Crippen LogP contribution is 2.28. The molecule has 0 amide bonds. The molecule has 0 unspecified atom stereocenters. The smallest absolute Gasteiger partial charge is 0.161 e. The second kappa shape index (κ2) is 9.38. The van der Waals surface area contributed by atoms with Crippen LogP contribution in [0.1, 0.15) is 16.7 Å². The highest BCUT2D eigenvalue weighted by molar-refractivity contribution is 6.12. The molecule has 2 aromatic carbocycles. The second-order valence-corrected chi connectivity index (χ2v) is 5.82. The van der Waals surface area contributed by atoms with Crippen LogP contribution in [0.15, 0.2) is 78.2 Å². The van der Waals surface area contributed by atoms with E-state index in [0.717, 1.165) is 17.5 Å². The summed E-state index contributed by atoms with van der Waals surface area (Å²) in [5.41, 5.74) is 3.63. The summed E-state index contributed by atoms with van der Waals surface area (Å²) in [4.78, 5) is 9.82. The predicted octanol–water partition coefficient (Wildman–Crippen LogP) is 4.11. The van der Waals surface area contributed by atoms with Crippen molar-refractivity contribution in [3.8, 4) is 11.5 Å². The molecule has 0 bridgehead atoms. The van der Waals surface area contributed by atoms with Crippen LogP contribution in [-0.4, -0.2) is 31.5 Å². The lowest BCUT2D eigenvalue weighted by molar-refractivity contribution is 0.148. The lowest BCUT2D eigenvalue weighted by atomic mass is 10.0. The lowest BCUT2D eigenvalue weighted by Gasteiger charge is -2.11. The van der Waals surface area contributed by atoms with Crippen LogP contribution in [0, 0.1) is 0 Å². The largest absolute Gasteiger partial charge is 0.493 e. The van der Waals surface area contributed by atoms with Gasteiger partial charge in [-0.1, -0.05) is 35.5 Å². The monoisotopic (exact) mass is 362 g/mol. The molecule has 5 heteroatoms. The SMILES string of the molecule is COc1ccc(C(=NOCCc2ccccc2)c2cccnc2)cc1OC. The minimum absolute atomic E-state index is 0.487. The van der Waals surface area contributed by atoms with Gasteiger partial charge in [-0.2, -0.15) is 0 Å². The van der Waals surface area contributed by atoms with E-state index in [1.54, 1.807) is 26.6 Å². The maximum atomic E-state index is 5.63. The molecule has 5 nitrogen and oxygen atoms in total. The molecule has 0 aliphatic heterocycles. The van der Waals surface area contributed by atoms with E-state index >= 15 is 0 Å². The first-order valence-corrected chi connectivity index (χ1v) is 8.68. The van der Waals surface area contributed by atoms with E-state index < -0.39 is 0 Å². The average Bonchev–Trinajstić information content (AvgIpc) is 2.74. The number of rotatable bonds is 8. The Bertz CT molecular complexity index is 881. The number of methoxy groups -OCH3 is 2. The van der Waals surface area contributed by atoms with Crippen LogP contribution in [0.25, 0.3) is 0 Å². The van der Waals surface area contributed by atoms with Crippen molar-refractivity contribution in [2.24, 2.45) is 5.16 Å². The summed E-state index contributed by atoms with van der Waals surface area (Å²) in [7, 11) is 3.22. The summed E-state index contributed by atoms with van der Waals surface area (Å²) >= 11 is 0. The fourth-order valence-corrected chi connectivity index (χ4v) is 2.68. The zero-order chi connectivity index (χ0) is 18.9. The molecule has 3 aromatic rings. The van der Waals surface area contributed by atoms with Gasteiger partial charge >= 0.3 is 0 Å². The van der Waals surface area contributed by atoms with Crippen LogP contribution in [0.4, 0.5) is 0 Å². The lowest BCUT2D eigenvalue weighted by Crippen LogP contribution is -2.07. The zero-order valence-electron chi connectivity index (χ0n) is 15.5. The molecule has 138 valence electrons. The van der Waals surface area contributed by atoms with E-state index in [-0.39, 0.29) is 0 Å². The fraction of sp³-hybridized carbons (Fsp3) is 0.182. The maximum Gasteiger partial charge on any atom is 0.161 e. The number of hydrogen-bond donors (Lipinski definition) is 0. The molecule has 3 rings (SSSR count). The van der Waals surface area contributed by atoms with Crippen molar-refractivity contribution in [3.63, 3.8) is 0 Å². The Morgan fingerprint density at radius 3 is 2.41 bits per heavy atom. The van der Waals surface area contributed by atoms with E-state index in [2.05, 4.69) is 22.3 Å². The predicted molar refractivity (Wildman–Crippen MR) is 106 cm³/mol. The van der Waals surface area contributed by atoms with Crippen molar-refractivity contribution < 1.29 is 14.3 Å². The van der Waals surface area contributed by atoms with Crippen molar-refractivity contribution in [2.45, 2.75) is 6.42 Å². The van der Waals surface area contributed by atoms with Crippen molar-refractivity contribution in [1.29, 1.82) is 0 Å². The Morgan fingerprint density at radius 2 is 1.70 bits per heavy atom.